The number of ketones is 1. The van der Waals surface area contributed by atoms with Crippen LogP contribution in [0.1, 0.15) is 29.6 Å². The first-order chi connectivity index (χ1) is 6.83. The summed E-state index contributed by atoms with van der Waals surface area (Å²) in [6, 6.07) is 7.91. The largest absolute Gasteiger partial charge is 0.294 e. The van der Waals surface area contributed by atoms with E-state index < -0.39 is 0 Å². The minimum Gasteiger partial charge on any atom is -0.294 e. The molecule has 1 nitrogen and oxygen atoms in total. The summed E-state index contributed by atoms with van der Waals surface area (Å²) < 4.78 is 0. The molecule has 1 aliphatic carbocycles. The Morgan fingerprint density at radius 1 is 1.36 bits per heavy atom. The predicted octanol–water partition coefficient (Wildman–Crippen LogP) is 3.39. The second-order valence-electron chi connectivity index (χ2n) is 3.69. The van der Waals surface area contributed by atoms with Crippen LogP contribution in [0.5, 0.6) is 0 Å². The van der Waals surface area contributed by atoms with Gasteiger partial charge in [-0.25, -0.2) is 0 Å². The van der Waals surface area contributed by atoms with Crippen LogP contribution in [0.4, 0.5) is 0 Å². The Hall–Kier alpha value is -0.760. The number of carbonyl (C=O) groups is 1. The second-order valence-corrected chi connectivity index (χ2v) is 4.54. The normalized spacial score (nSPS) is 16.4. The lowest BCUT2D eigenvalue weighted by molar-refractivity contribution is 0.0852. The summed E-state index contributed by atoms with van der Waals surface area (Å²) in [6.45, 7) is 0. The van der Waals surface area contributed by atoms with Crippen molar-refractivity contribution in [2.75, 3.05) is 6.26 Å². The zero-order valence-electron chi connectivity index (χ0n) is 8.32. The summed E-state index contributed by atoms with van der Waals surface area (Å²) in [4.78, 5) is 13.1. The van der Waals surface area contributed by atoms with Crippen LogP contribution in [0.3, 0.4) is 0 Å². The number of Topliss-reactive ketones (excluding diaryl/α,β-unsaturated/α-hetero) is 1. The minimum absolute atomic E-state index is 0.309. The van der Waals surface area contributed by atoms with E-state index in [2.05, 4.69) is 0 Å². The van der Waals surface area contributed by atoms with E-state index >= 15 is 0 Å². The average molecular weight is 206 g/mol. The summed E-state index contributed by atoms with van der Waals surface area (Å²) in [5.41, 5.74) is 0.921. The molecule has 0 spiro atoms. The predicted molar refractivity (Wildman–Crippen MR) is 59.9 cm³/mol. The van der Waals surface area contributed by atoms with E-state index in [1.54, 1.807) is 11.8 Å². The van der Waals surface area contributed by atoms with Crippen LogP contribution in [0.15, 0.2) is 29.2 Å². The third kappa shape index (κ3) is 1.71. The second kappa shape index (κ2) is 4.18. The first kappa shape index (κ1) is 9.78. The van der Waals surface area contributed by atoms with E-state index in [9.17, 15) is 4.79 Å². The summed E-state index contributed by atoms with van der Waals surface area (Å²) in [5.74, 6) is 0.657. The van der Waals surface area contributed by atoms with Crippen LogP contribution in [0.25, 0.3) is 0 Å². The van der Waals surface area contributed by atoms with Crippen molar-refractivity contribution in [3.63, 3.8) is 0 Å². The van der Waals surface area contributed by atoms with Crippen molar-refractivity contribution in [3.8, 4) is 0 Å². The fourth-order valence-corrected chi connectivity index (χ4v) is 2.34. The highest BCUT2D eigenvalue weighted by molar-refractivity contribution is 7.98. The van der Waals surface area contributed by atoms with Crippen LogP contribution in [0, 0.1) is 5.92 Å². The van der Waals surface area contributed by atoms with Gasteiger partial charge < -0.3 is 0 Å². The molecule has 1 saturated carbocycles. The third-order valence-electron chi connectivity index (χ3n) is 2.85. The van der Waals surface area contributed by atoms with Gasteiger partial charge in [0, 0.05) is 16.4 Å². The Kier molecular flexibility index (Phi) is 2.92. The summed E-state index contributed by atoms with van der Waals surface area (Å²) in [6.07, 6.45) is 5.41. The Morgan fingerprint density at radius 3 is 2.64 bits per heavy atom. The molecule has 2 heteroatoms. The van der Waals surface area contributed by atoms with E-state index in [0.29, 0.717) is 11.7 Å². The number of hydrogen-bond donors (Lipinski definition) is 0. The highest BCUT2D eigenvalue weighted by Gasteiger charge is 2.27. The maximum Gasteiger partial charge on any atom is 0.167 e. The molecule has 0 radical (unpaired) electrons. The monoisotopic (exact) mass is 206 g/mol. The zero-order valence-corrected chi connectivity index (χ0v) is 9.14. The third-order valence-corrected chi connectivity index (χ3v) is 3.64. The van der Waals surface area contributed by atoms with Crippen molar-refractivity contribution in [1.29, 1.82) is 0 Å². The van der Waals surface area contributed by atoms with Gasteiger partial charge in [-0.1, -0.05) is 24.6 Å². The Morgan fingerprint density at radius 2 is 2.07 bits per heavy atom. The van der Waals surface area contributed by atoms with Crippen molar-refractivity contribution >= 4 is 17.5 Å². The Labute approximate surface area is 88.9 Å². The van der Waals surface area contributed by atoms with Crippen LogP contribution in [-0.2, 0) is 0 Å². The van der Waals surface area contributed by atoms with E-state index in [-0.39, 0.29) is 0 Å². The van der Waals surface area contributed by atoms with Gasteiger partial charge in [-0.05, 0) is 25.2 Å². The van der Waals surface area contributed by atoms with Crippen LogP contribution in [0.2, 0.25) is 0 Å². The molecule has 0 unspecified atom stereocenters. The highest BCUT2D eigenvalue weighted by atomic mass is 32.2. The molecule has 1 fully saturated rings. The maximum absolute atomic E-state index is 12.0. The Bertz CT molecular complexity index is 342. The first-order valence-corrected chi connectivity index (χ1v) is 6.22. The lowest BCUT2D eigenvalue weighted by Gasteiger charge is -2.24. The van der Waals surface area contributed by atoms with Crippen molar-refractivity contribution in [2.24, 2.45) is 5.92 Å². The van der Waals surface area contributed by atoms with Gasteiger partial charge in [-0.2, -0.15) is 0 Å². The molecule has 0 atom stereocenters. The lowest BCUT2D eigenvalue weighted by Crippen LogP contribution is -2.22. The fraction of sp³-hybridized carbons (Fsp3) is 0.417. The average Bonchev–Trinajstić information content (AvgIpc) is 2.15. The smallest absolute Gasteiger partial charge is 0.167 e. The highest BCUT2D eigenvalue weighted by Crippen LogP contribution is 2.32. The molecule has 0 aromatic heterocycles. The van der Waals surface area contributed by atoms with Crippen molar-refractivity contribution in [3.05, 3.63) is 29.8 Å². The number of benzene rings is 1. The van der Waals surface area contributed by atoms with E-state index in [0.717, 1.165) is 23.3 Å². The molecule has 0 saturated heterocycles. The molecule has 0 N–H and O–H groups in total. The van der Waals surface area contributed by atoms with Gasteiger partial charge >= 0.3 is 0 Å². The van der Waals surface area contributed by atoms with Gasteiger partial charge in [-0.3, -0.25) is 4.79 Å². The molecule has 2 rings (SSSR count). The molecular weight excluding hydrogens is 192 g/mol. The van der Waals surface area contributed by atoms with Gasteiger partial charge in [-0.15, -0.1) is 11.8 Å². The van der Waals surface area contributed by atoms with Crippen LogP contribution < -0.4 is 0 Å². The topological polar surface area (TPSA) is 17.1 Å². The van der Waals surface area contributed by atoms with Gasteiger partial charge in [0.15, 0.2) is 5.78 Å². The first-order valence-electron chi connectivity index (χ1n) is 5.00. The van der Waals surface area contributed by atoms with Gasteiger partial charge in [0.2, 0.25) is 0 Å². The number of carbonyl (C=O) groups excluding carboxylic acids is 1. The van der Waals surface area contributed by atoms with E-state index in [4.69, 9.17) is 0 Å². The van der Waals surface area contributed by atoms with Crippen LogP contribution >= 0.6 is 11.8 Å². The minimum atomic E-state index is 0.309. The molecule has 0 bridgehead atoms. The zero-order chi connectivity index (χ0) is 9.97. The summed E-state index contributed by atoms with van der Waals surface area (Å²) in [7, 11) is 0. The summed E-state index contributed by atoms with van der Waals surface area (Å²) in [5, 5.41) is 0. The Balaban J connectivity index is 2.25. The molecule has 74 valence electrons. The molecule has 1 aliphatic rings. The van der Waals surface area contributed by atoms with E-state index in [1.807, 2.05) is 30.5 Å². The van der Waals surface area contributed by atoms with Crippen molar-refractivity contribution < 1.29 is 4.79 Å². The molecule has 1 aromatic carbocycles. The van der Waals surface area contributed by atoms with Crippen molar-refractivity contribution in [2.45, 2.75) is 24.2 Å². The number of thioether (sulfide) groups is 1. The molecule has 1 aromatic rings. The molecule has 0 aliphatic heterocycles. The quantitative estimate of drug-likeness (QED) is 0.557. The van der Waals surface area contributed by atoms with Crippen LogP contribution in [-0.4, -0.2) is 12.0 Å². The van der Waals surface area contributed by atoms with Gasteiger partial charge in [0.05, 0.1) is 0 Å². The SMILES string of the molecule is CSc1ccccc1C(=O)C1CCC1. The molecule has 14 heavy (non-hydrogen) atoms. The summed E-state index contributed by atoms with van der Waals surface area (Å²) >= 11 is 1.65. The maximum atomic E-state index is 12.0. The standard InChI is InChI=1S/C12H14OS/c1-14-11-8-3-2-7-10(11)12(13)9-5-4-6-9/h2-3,7-9H,4-6H2,1H3. The van der Waals surface area contributed by atoms with Crippen molar-refractivity contribution in [1.82, 2.24) is 0 Å². The number of hydrogen-bond acceptors (Lipinski definition) is 2. The van der Waals surface area contributed by atoms with Gasteiger partial charge in [0.25, 0.3) is 0 Å². The number of rotatable bonds is 3. The molecule has 0 amide bonds. The molecule has 0 heterocycles. The molecular formula is C12H14OS. The van der Waals surface area contributed by atoms with E-state index in [1.165, 1.54) is 6.42 Å². The fourth-order valence-electron chi connectivity index (χ4n) is 1.74. The van der Waals surface area contributed by atoms with Gasteiger partial charge in [0.1, 0.15) is 0 Å². The lowest BCUT2D eigenvalue weighted by atomic mass is 9.80.